The number of carbonyl (C=O) groups is 2. The first-order valence-corrected chi connectivity index (χ1v) is 7.53. The Kier molecular flexibility index (Phi) is 4.21. The van der Waals surface area contributed by atoms with Crippen molar-refractivity contribution in [1.29, 1.82) is 0 Å². The Morgan fingerprint density at radius 1 is 1.62 bits per heavy atom. The van der Waals surface area contributed by atoms with Crippen LogP contribution in [0.1, 0.15) is 23.8 Å². The van der Waals surface area contributed by atoms with Crippen molar-refractivity contribution in [1.82, 2.24) is 9.88 Å². The first kappa shape index (κ1) is 15.4. The Hall–Kier alpha value is -2.03. The number of hydrogen-bond donors (Lipinski definition) is 2. The molecule has 1 unspecified atom stereocenters. The first-order valence-electron chi connectivity index (χ1n) is 6.38. The molecular weight excluding hydrogens is 298 g/mol. The Labute approximate surface area is 124 Å². The Morgan fingerprint density at radius 2 is 2.33 bits per heavy atom. The third-order valence-electron chi connectivity index (χ3n) is 3.45. The molecular formula is C12H15N3O5S. The number of amides is 1. The lowest BCUT2D eigenvalue weighted by Crippen LogP contribution is -2.55. The molecule has 0 aliphatic carbocycles. The van der Waals surface area contributed by atoms with E-state index >= 15 is 0 Å². The normalized spacial score (nSPS) is 21.2. The highest BCUT2D eigenvalue weighted by Crippen LogP contribution is 2.29. The molecule has 1 saturated heterocycles. The molecule has 0 spiro atoms. The van der Waals surface area contributed by atoms with Gasteiger partial charge in [-0.25, -0.2) is 4.79 Å². The maximum atomic E-state index is 12.3. The zero-order valence-electron chi connectivity index (χ0n) is 11.4. The minimum Gasteiger partial charge on any atom is -0.479 e. The molecule has 0 aromatic carbocycles. The van der Waals surface area contributed by atoms with Gasteiger partial charge in [-0.2, -0.15) is 11.8 Å². The second-order valence-corrected chi connectivity index (χ2v) is 5.88. The minimum atomic E-state index is -1.29. The summed E-state index contributed by atoms with van der Waals surface area (Å²) in [6.07, 6.45) is 1.61. The number of carbonyl (C=O) groups excluding carboxylic acids is 1. The lowest BCUT2D eigenvalue weighted by atomic mass is 9.99. The van der Waals surface area contributed by atoms with Crippen molar-refractivity contribution in [2.75, 3.05) is 11.5 Å². The van der Waals surface area contributed by atoms with E-state index in [2.05, 4.69) is 5.32 Å². The van der Waals surface area contributed by atoms with Crippen LogP contribution in [0.4, 0.5) is 5.69 Å². The maximum absolute atomic E-state index is 12.3. The molecule has 114 valence electrons. The molecule has 0 saturated carbocycles. The largest absolute Gasteiger partial charge is 0.479 e. The van der Waals surface area contributed by atoms with Crippen molar-refractivity contribution in [2.24, 2.45) is 0 Å². The standard InChI is InChI=1S/C12H15N3O5S/c1-2-14-6-8(15(19)20)5-9(14)10(16)13-12(11(17)18)3-4-21-7-12/h5-6H,2-4,7H2,1H3,(H,13,16)(H,17,18). The number of aliphatic carboxylic acids is 1. The summed E-state index contributed by atoms with van der Waals surface area (Å²) in [5.41, 5.74) is -1.38. The maximum Gasteiger partial charge on any atom is 0.330 e. The first-order chi connectivity index (χ1) is 9.89. The highest BCUT2D eigenvalue weighted by atomic mass is 32.2. The molecule has 1 aliphatic rings. The van der Waals surface area contributed by atoms with E-state index in [1.807, 2.05) is 0 Å². The lowest BCUT2D eigenvalue weighted by Gasteiger charge is -2.24. The third kappa shape index (κ3) is 2.87. The van der Waals surface area contributed by atoms with Gasteiger partial charge in [-0.15, -0.1) is 0 Å². The average molecular weight is 313 g/mol. The van der Waals surface area contributed by atoms with E-state index in [0.29, 0.717) is 24.5 Å². The van der Waals surface area contributed by atoms with Crippen molar-refractivity contribution < 1.29 is 19.6 Å². The number of carboxylic acids is 1. The van der Waals surface area contributed by atoms with Gasteiger partial charge >= 0.3 is 5.97 Å². The smallest absolute Gasteiger partial charge is 0.330 e. The Balaban J connectivity index is 2.27. The highest BCUT2D eigenvalue weighted by Gasteiger charge is 2.43. The van der Waals surface area contributed by atoms with Gasteiger partial charge in [0.1, 0.15) is 11.2 Å². The summed E-state index contributed by atoms with van der Waals surface area (Å²) in [5.74, 6) is -0.732. The van der Waals surface area contributed by atoms with E-state index in [0.717, 1.165) is 6.07 Å². The molecule has 1 amide bonds. The summed E-state index contributed by atoms with van der Waals surface area (Å²) in [6.45, 7) is 2.13. The van der Waals surface area contributed by atoms with Crippen molar-refractivity contribution in [3.05, 3.63) is 28.1 Å². The summed E-state index contributed by atoms with van der Waals surface area (Å²) in [4.78, 5) is 33.9. The molecule has 2 N–H and O–H groups in total. The highest BCUT2D eigenvalue weighted by molar-refractivity contribution is 7.99. The quantitative estimate of drug-likeness (QED) is 0.621. The molecule has 9 heteroatoms. The van der Waals surface area contributed by atoms with Crippen LogP contribution in [0.5, 0.6) is 0 Å². The van der Waals surface area contributed by atoms with Crippen LogP contribution < -0.4 is 5.32 Å². The van der Waals surface area contributed by atoms with Gasteiger partial charge in [0, 0.05) is 18.4 Å². The number of thioether (sulfide) groups is 1. The van der Waals surface area contributed by atoms with Gasteiger partial charge in [-0.05, 0) is 19.1 Å². The molecule has 2 heterocycles. The SMILES string of the molecule is CCn1cc([N+](=O)[O-])cc1C(=O)NC1(C(=O)O)CCSC1. The van der Waals surface area contributed by atoms with Gasteiger partial charge in [0.2, 0.25) is 0 Å². The van der Waals surface area contributed by atoms with Gasteiger partial charge in [0.15, 0.2) is 0 Å². The number of rotatable bonds is 5. The fraction of sp³-hybridized carbons (Fsp3) is 0.500. The van der Waals surface area contributed by atoms with Crippen LogP contribution in [-0.4, -0.2) is 43.5 Å². The number of aromatic nitrogens is 1. The second kappa shape index (κ2) is 5.76. The molecule has 1 fully saturated rings. The van der Waals surface area contributed by atoms with E-state index in [1.54, 1.807) is 6.92 Å². The number of hydrogen-bond acceptors (Lipinski definition) is 5. The summed E-state index contributed by atoms with van der Waals surface area (Å²) in [5, 5.41) is 22.7. The molecule has 1 atom stereocenters. The molecule has 0 bridgehead atoms. The monoisotopic (exact) mass is 313 g/mol. The van der Waals surface area contributed by atoms with Crippen LogP contribution >= 0.6 is 11.8 Å². The zero-order chi connectivity index (χ0) is 15.6. The predicted octanol–water partition coefficient (Wildman–Crippen LogP) is 1.11. The van der Waals surface area contributed by atoms with Gasteiger partial charge in [-0.3, -0.25) is 14.9 Å². The van der Waals surface area contributed by atoms with Gasteiger partial charge in [0.25, 0.3) is 11.6 Å². The van der Waals surface area contributed by atoms with Crippen LogP contribution in [0.2, 0.25) is 0 Å². The Bertz CT molecular complexity index is 592. The van der Waals surface area contributed by atoms with Gasteiger partial charge in [-0.1, -0.05) is 0 Å². The third-order valence-corrected chi connectivity index (χ3v) is 4.64. The number of nitro groups is 1. The molecule has 1 aromatic heterocycles. The van der Waals surface area contributed by atoms with E-state index in [4.69, 9.17) is 0 Å². The van der Waals surface area contributed by atoms with E-state index in [9.17, 15) is 24.8 Å². The average Bonchev–Trinajstić information content (AvgIpc) is 3.05. The molecule has 1 aromatic rings. The molecule has 21 heavy (non-hydrogen) atoms. The van der Waals surface area contributed by atoms with E-state index in [1.165, 1.54) is 22.5 Å². The van der Waals surface area contributed by atoms with Gasteiger partial charge in [0.05, 0.1) is 11.1 Å². The number of nitrogens with zero attached hydrogens (tertiary/aromatic N) is 2. The summed E-state index contributed by atoms with van der Waals surface area (Å²) >= 11 is 1.46. The van der Waals surface area contributed by atoms with Crippen molar-refractivity contribution in [3.8, 4) is 0 Å². The molecule has 2 rings (SSSR count). The number of nitrogens with one attached hydrogen (secondary N) is 1. The van der Waals surface area contributed by atoms with Crippen LogP contribution in [0.15, 0.2) is 12.3 Å². The van der Waals surface area contributed by atoms with Crippen molar-refractivity contribution in [3.63, 3.8) is 0 Å². The van der Waals surface area contributed by atoms with Crippen LogP contribution in [-0.2, 0) is 11.3 Å². The topological polar surface area (TPSA) is 114 Å². The fourth-order valence-corrected chi connectivity index (χ4v) is 3.54. The zero-order valence-corrected chi connectivity index (χ0v) is 12.2. The second-order valence-electron chi connectivity index (χ2n) is 4.77. The Morgan fingerprint density at radius 3 is 2.81 bits per heavy atom. The number of carboxylic acid groups (broad SMARTS) is 1. The molecule has 1 aliphatic heterocycles. The lowest BCUT2D eigenvalue weighted by molar-refractivity contribution is -0.384. The molecule has 0 radical (unpaired) electrons. The van der Waals surface area contributed by atoms with Crippen LogP contribution in [0, 0.1) is 10.1 Å². The summed E-state index contributed by atoms with van der Waals surface area (Å²) in [6, 6.07) is 1.16. The van der Waals surface area contributed by atoms with E-state index in [-0.39, 0.29) is 11.4 Å². The van der Waals surface area contributed by atoms with Crippen LogP contribution in [0.25, 0.3) is 0 Å². The number of aryl methyl sites for hydroxylation is 1. The van der Waals surface area contributed by atoms with Crippen molar-refractivity contribution >= 4 is 29.3 Å². The van der Waals surface area contributed by atoms with Gasteiger partial charge < -0.3 is 15.0 Å². The predicted molar refractivity (Wildman–Crippen MR) is 76.5 cm³/mol. The van der Waals surface area contributed by atoms with Crippen LogP contribution in [0.3, 0.4) is 0 Å². The summed E-state index contributed by atoms with van der Waals surface area (Å²) in [7, 11) is 0. The fourth-order valence-electron chi connectivity index (χ4n) is 2.21. The van der Waals surface area contributed by atoms with Crippen molar-refractivity contribution in [2.45, 2.75) is 25.4 Å². The van der Waals surface area contributed by atoms with E-state index < -0.39 is 22.3 Å². The summed E-state index contributed by atoms with van der Waals surface area (Å²) < 4.78 is 1.44. The molecule has 8 nitrogen and oxygen atoms in total. The minimum absolute atomic E-state index is 0.0988.